The van der Waals surface area contributed by atoms with Gasteiger partial charge >= 0.3 is 11.9 Å². The minimum absolute atomic E-state index is 0.356. The Balaban J connectivity index is 3.45. The molecule has 0 atom stereocenters. The molecule has 0 radical (unpaired) electrons. The summed E-state index contributed by atoms with van der Waals surface area (Å²) in [6.45, 7) is 3.68. The number of rotatable bonds is 3. The lowest BCUT2D eigenvalue weighted by atomic mass is 10.1. The molecule has 6 nitrogen and oxygen atoms in total. The number of nitrogens with zero attached hydrogens (tertiary/aromatic N) is 1. The molecule has 1 amide bonds. The fraction of sp³-hybridized carbons (Fsp3) is 0.385. The standard InChI is InChI=1S/C13H17NO5/c1-7-8(2)11(19-5)9(6-10(7)18-4)14(3)12(15)13(16)17/h6H,1-5H3,(H,16,17). The van der Waals surface area contributed by atoms with E-state index in [9.17, 15) is 9.59 Å². The summed E-state index contributed by atoms with van der Waals surface area (Å²) < 4.78 is 10.5. The number of carboxylic acids is 1. The van der Waals surface area contributed by atoms with E-state index in [1.54, 1.807) is 6.07 Å². The van der Waals surface area contributed by atoms with Gasteiger partial charge in [-0.25, -0.2) is 4.79 Å². The van der Waals surface area contributed by atoms with E-state index in [1.165, 1.54) is 21.3 Å². The van der Waals surface area contributed by atoms with Crippen molar-refractivity contribution >= 4 is 17.6 Å². The van der Waals surface area contributed by atoms with Crippen LogP contribution in [0.25, 0.3) is 0 Å². The second-order valence-electron chi connectivity index (χ2n) is 4.05. The van der Waals surface area contributed by atoms with Crippen LogP contribution in [0.2, 0.25) is 0 Å². The lowest BCUT2D eigenvalue weighted by Gasteiger charge is -2.22. The van der Waals surface area contributed by atoms with Crippen molar-refractivity contribution in [2.24, 2.45) is 0 Å². The molecule has 0 unspecified atom stereocenters. The van der Waals surface area contributed by atoms with Gasteiger partial charge in [-0.2, -0.15) is 0 Å². The first-order chi connectivity index (χ1) is 8.84. The van der Waals surface area contributed by atoms with Crippen molar-refractivity contribution in [1.29, 1.82) is 0 Å². The number of methoxy groups -OCH3 is 2. The van der Waals surface area contributed by atoms with Gasteiger partial charge in [-0.05, 0) is 25.0 Å². The third-order valence-corrected chi connectivity index (χ3v) is 3.05. The van der Waals surface area contributed by atoms with Crippen LogP contribution in [0.15, 0.2) is 6.07 Å². The van der Waals surface area contributed by atoms with Gasteiger partial charge in [0.2, 0.25) is 0 Å². The van der Waals surface area contributed by atoms with E-state index in [2.05, 4.69) is 0 Å². The van der Waals surface area contributed by atoms with E-state index in [1.807, 2.05) is 13.8 Å². The molecule has 0 aliphatic carbocycles. The molecule has 0 spiro atoms. The topological polar surface area (TPSA) is 76.1 Å². The van der Waals surface area contributed by atoms with Crippen LogP contribution >= 0.6 is 0 Å². The van der Waals surface area contributed by atoms with Crippen molar-refractivity contribution in [2.75, 3.05) is 26.2 Å². The first-order valence-electron chi connectivity index (χ1n) is 5.58. The maximum atomic E-state index is 11.5. The summed E-state index contributed by atoms with van der Waals surface area (Å²) in [5.74, 6) is -1.54. The van der Waals surface area contributed by atoms with Gasteiger partial charge in [0.1, 0.15) is 11.5 Å². The Morgan fingerprint density at radius 1 is 1.16 bits per heavy atom. The summed E-state index contributed by atoms with van der Waals surface area (Å²) in [6, 6.07) is 1.59. The van der Waals surface area contributed by atoms with Crippen LogP contribution in [0.4, 0.5) is 5.69 Å². The number of hydrogen-bond acceptors (Lipinski definition) is 4. The maximum Gasteiger partial charge on any atom is 0.394 e. The van der Waals surface area contributed by atoms with E-state index < -0.39 is 11.9 Å². The molecular formula is C13H17NO5. The molecule has 0 aromatic heterocycles. The Kier molecular flexibility index (Phi) is 4.37. The number of hydrogen-bond donors (Lipinski definition) is 1. The molecule has 19 heavy (non-hydrogen) atoms. The van der Waals surface area contributed by atoms with E-state index in [0.717, 1.165) is 16.0 Å². The van der Waals surface area contributed by atoms with Crippen LogP contribution in [0.3, 0.4) is 0 Å². The van der Waals surface area contributed by atoms with Crippen LogP contribution in [-0.2, 0) is 9.59 Å². The summed E-state index contributed by atoms with van der Waals surface area (Å²) in [5.41, 5.74) is 2.02. The molecule has 1 N–H and O–H groups in total. The number of ether oxygens (including phenoxy) is 2. The molecule has 104 valence electrons. The number of benzene rings is 1. The van der Waals surface area contributed by atoms with Gasteiger partial charge in [-0.3, -0.25) is 4.79 Å². The molecular weight excluding hydrogens is 250 g/mol. The predicted molar refractivity (Wildman–Crippen MR) is 70.1 cm³/mol. The number of carbonyl (C=O) groups is 2. The SMILES string of the molecule is COc1cc(N(C)C(=O)C(=O)O)c(OC)c(C)c1C. The Hall–Kier alpha value is -2.24. The molecule has 0 fully saturated rings. The average molecular weight is 267 g/mol. The van der Waals surface area contributed by atoms with E-state index in [4.69, 9.17) is 14.6 Å². The summed E-state index contributed by atoms with van der Waals surface area (Å²) >= 11 is 0. The van der Waals surface area contributed by atoms with Gasteiger partial charge in [-0.15, -0.1) is 0 Å². The monoisotopic (exact) mass is 267 g/mol. The zero-order valence-electron chi connectivity index (χ0n) is 11.6. The van der Waals surface area contributed by atoms with Crippen molar-refractivity contribution in [1.82, 2.24) is 0 Å². The molecule has 1 aromatic rings. The third kappa shape index (κ3) is 2.62. The fourth-order valence-corrected chi connectivity index (χ4v) is 1.82. The highest BCUT2D eigenvalue weighted by Gasteiger charge is 2.24. The quantitative estimate of drug-likeness (QED) is 0.837. The molecule has 0 bridgehead atoms. The van der Waals surface area contributed by atoms with E-state index >= 15 is 0 Å². The molecule has 0 heterocycles. The second-order valence-corrected chi connectivity index (χ2v) is 4.05. The van der Waals surface area contributed by atoms with Crippen LogP contribution < -0.4 is 14.4 Å². The lowest BCUT2D eigenvalue weighted by Crippen LogP contribution is -2.33. The highest BCUT2D eigenvalue weighted by atomic mass is 16.5. The van der Waals surface area contributed by atoms with Crippen LogP contribution in [0.1, 0.15) is 11.1 Å². The smallest absolute Gasteiger partial charge is 0.394 e. The lowest BCUT2D eigenvalue weighted by molar-refractivity contribution is -0.148. The van der Waals surface area contributed by atoms with Crippen molar-refractivity contribution in [2.45, 2.75) is 13.8 Å². The van der Waals surface area contributed by atoms with Gasteiger partial charge in [0, 0.05) is 13.1 Å². The summed E-state index contributed by atoms with van der Waals surface area (Å²) in [6.07, 6.45) is 0. The van der Waals surface area contributed by atoms with Gasteiger partial charge in [-0.1, -0.05) is 0 Å². The highest BCUT2D eigenvalue weighted by Crippen LogP contribution is 2.38. The van der Waals surface area contributed by atoms with Crippen LogP contribution in [0.5, 0.6) is 11.5 Å². The first kappa shape index (κ1) is 14.8. The van der Waals surface area contributed by atoms with E-state index in [0.29, 0.717) is 17.2 Å². The van der Waals surface area contributed by atoms with Gasteiger partial charge in [0.05, 0.1) is 19.9 Å². The number of aliphatic carboxylic acids is 1. The highest BCUT2D eigenvalue weighted by molar-refractivity contribution is 6.37. The third-order valence-electron chi connectivity index (χ3n) is 3.05. The molecule has 1 aromatic carbocycles. The minimum atomic E-state index is -1.53. The minimum Gasteiger partial charge on any atom is -0.496 e. The van der Waals surface area contributed by atoms with Crippen LogP contribution in [0, 0.1) is 13.8 Å². The zero-order chi connectivity index (χ0) is 14.7. The van der Waals surface area contributed by atoms with Gasteiger partial charge in [0.25, 0.3) is 0 Å². The van der Waals surface area contributed by atoms with Gasteiger partial charge < -0.3 is 19.5 Å². The Bertz CT molecular complexity index is 524. The number of anilines is 1. The number of likely N-dealkylation sites (N-methyl/N-ethyl adjacent to an activating group) is 1. The summed E-state index contributed by atoms with van der Waals surface area (Å²) in [4.78, 5) is 23.3. The molecule has 6 heteroatoms. The fourth-order valence-electron chi connectivity index (χ4n) is 1.82. The molecule has 0 saturated heterocycles. The van der Waals surface area contributed by atoms with Crippen molar-refractivity contribution in [3.63, 3.8) is 0 Å². The Morgan fingerprint density at radius 2 is 1.74 bits per heavy atom. The van der Waals surface area contributed by atoms with Crippen molar-refractivity contribution < 1.29 is 24.2 Å². The number of amides is 1. The Morgan fingerprint density at radius 3 is 2.16 bits per heavy atom. The predicted octanol–water partition coefficient (Wildman–Crippen LogP) is 1.37. The summed E-state index contributed by atoms with van der Waals surface area (Å²) in [5, 5.41) is 8.76. The first-order valence-corrected chi connectivity index (χ1v) is 5.58. The maximum absolute atomic E-state index is 11.5. The normalized spacial score (nSPS) is 9.95. The second kappa shape index (κ2) is 5.60. The van der Waals surface area contributed by atoms with Crippen molar-refractivity contribution in [3.05, 3.63) is 17.2 Å². The molecule has 0 aliphatic heterocycles. The molecule has 1 rings (SSSR count). The molecule has 0 saturated carbocycles. The largest absolute Gasteiger partial charge is 0.496 e. The Labute approximate surface area is 111 Å². The zero-order valence-corrected chi connectivity index (χ0v) is 11.6. The molecule has 0 aliphatic rings. The van der Waals surface area contributed by atoms with Crippen LogP contribution in [-0.4, -0.2) is 38.3 Å². The summed E-state index contributed by atoms with van der Waals surface area (Å²) in [7, 11) is 4.36. The average Bonchev–Trinajstić information content (AvgIpc) is 2.39. The van der Waals surface area contributed by atoms with Gasteiger partial charge in [0.15, 0.2) is 0 Å². The number of carboxylic acid groups (broad SMARTS) is 1. The number of carbonyl (C=O) groups excluding carboxylic acids is 1. The van der Waals surface area contributed by atoms with Crippen molar-refractivity contribution in [3.8, 4) is 11.5 Å². The van der Waals surface area contributed by atoms with E-state index in [-0.39, 0.29) is 0 Å².